The van der Waals surface area contributed by atoms with Crippen molar-refractivity contribution in [1.29, 1.82) is 0 Å². The molecule has 0 unspecified atom stereocenters. The van der Waals surface area contributed by atoms with Crippen LogP contribution in [0, 0.1) is 5.82 Å². The van der Waals surface area contributed by atoms with Gasteiger partial charge in [-0.05, 0) is 35.4 Å². The Kier molecular flexibility index (Phi) is 6.73. The van der Waals surface area contributed by atoms with Gasteiger partial charge in [0.25, 0.3) is 5.91 Å². The first-order valence-electron chi connectivity index (χ1n) is 7.25. The Labute approximate surface area is 142 Å². The first-order valence-corrected chi connectivity index (χ1v) is 7.25. The molecule has 0 aliphatic rings. The zero-order chi connectivity index (χ0) is 16.2. The van der Waals surface area contributed by atoms with E-state index in [1.54, 1.807) is 24.3 Å². The molecular weight excluding hydrogens is 315 g/mol. The smallest absolute Gasteiger partial charge is 0.251 e. The van der Waals surface area contributed by atoms with Crippen LogP contribution in [0.15, 0.2) is 48.5 Å². The van der Waals surface area contributed by atoms with Gasteiger partial charge < -0.3 is 11.1 Å². The Hall–Kier alpha value is -1.91. The monoisotopic (exact) mass is 336 g/mol. The van der Waals surface area contributed by atoms with Crippen molar-refractivity contribution in [3.8, 4) is 0 Å². The predicted molar refractivity (Wildman–Crippen MR) is 93.3 cm³/mol. The van der Waals surface area contributed by atoms with Gasteiger partial charge in [-0.1, -0.05) is 38.1 Å². The standard InChI is InChI=1S/C18H21FN2O.ClH/c1-18(2,15-7-9-16(19)10-8-15)12-21-17(22)14-5-3-13(11-20)4-6-14;/h3-10H,11-12,20H2,1-2H3,(H,21,22);1H. The molecule has 0 atom stereocenters. The number of nitrogens with one attached hydrogen (secondary N) is 1. The fourth-order valence-electron chi connectivity index (χ4n) is 2.20. The van der Waals surface area contributed by atoms with Gasteiger partial charge in [-0.15, -0.1) is 12.4 Å². The number of hydrogen-bond acceptors (Lipinski definition) is 2. The van der Waals surface area contributed by atoms with Crippen LogP contribution in [0.2, 0.25) is 0 Å². The number of rotatable bonds is 5. The molecule has 0 radical (unpaired) electrons. The highest BCUT2D eigenvalue weighted by Gasteiger charge is 2.21. The normalized spacial score (nSPS) is 10.8. The number of carbonyl (C=O) groups excluding carboxylic acids is 1. The molecule has 124 valence electrons. The van der Waals surface area contributed by atoms with Crippen molar-refractivity contribution in [2.24, 2.45) is 5.73 Å². The maximum Gasteiger partial charge on any atom is 0.251 e. The third-order valence-electron chi connectivity index (χ3n) is 3.77. The van der Waals surface area contributed by atoms with Crippen LogP contribution in [-0.2, 0) is 12.0 Å². The number of benzene rings is 2. The summed E-state index contributed by atoms with van der Waals surface area (Å²) in [5, 5.41) is 2.93. The lowest BCUT2D eigenvalue weighted by atomic mass is 9.84. The molecule has 2 rings (SSSR count). The lowest BCUT2D eigenvalue weighted by molar-refractivity contribution is 0.0945. The second-order valence-electron chi connectivity index (χ2n) is 5.97. The van der Waals surface area contributed by atoms with Gasteiger partial charge in [-0.3, -0.25) is 4.79 Å². The van der Waals surface area contributed by atoms with E-state index in [1.807, 2.05) is 26.0 Å². The summed E-state index contributed by atoms with van der Waals surface area (Å²) < 4.78 is 13.0. The zero-order valence-electron chi connectivity index (χ0n) is 13.3. The minimum absolute atomic E-state index is 0. The van der Waals surface area contributed by atoms with E-state index >= 15 is 0 Å². The Balaban J connectivity index is 0.00000264. The van der Waals surface area contributed by atoms with Crippen LogP contribution in [0.5, 0.6) is 0 Å². The average molecular weight is 337 g/mol. The van der Waals surface area contributed by atoms with Crippen molar-refractivity contribution in [3.05, 3.63) is 71.0 Å². The lowest BCUT2D eigenvalue weighted by Crippen LogP contribution is -2.36. The molecule has 0 aliphatic heterocycles. The van der Waals surface area contributed by atoms with Gasteiger partial charge in [0.1, 0.15) is 5.82 Å². The van der Waals surface area contributed by atoms with E-state index in [-0.39, 0.29) is 29.5 Å². The second-order valence-corrected chi connectivity index (χ2v) is 5.97. The first kappa shape index (κ1) is 19.1. The van der Waals surface area contributed by atoms with Gasteiger partial charge in [0, 0.05) is 24.1 Å². The third-order valence-corrected chi connectivity index (χ3v) is 3.77. The molecule has 0 aliphatic carbocycles. The maximum atomic E-state index is 13.0. The minimum Gasteiger partial charge on any atom is -0.351 e. The van der Waals surface area contributed by atoms with Crippen molar-refractivity contribution in [2.75, 3.05) is 6.54 Å². The molecule has 0 saturated heterocycles. The summed E-state index contributed by atoms with van der Waals surface area (Å²) in [5.41, 5.74) is 7.83. The molecule has 0 bridgehead atoms. The molecule has 2 aromatic carbocycles. The Bertz CT molecular complexity index is 639. The molecule has 0 fully saturated rings. The molecule has 2 aromatic rings. The highest BCUT2D eigenvalue weighted by molar-refractivity contribution is 5.94. The van der Waals surface area contributed by atoms with Crippen LogP contribution in [0.3, 0.4) is 0 Å². The van der Waals surface area contributed by atoms with Crippen molar-refractivity contribution in [3.63, 3.8) is 0 Å². The summed E-state index contributed by atoms with van der Waals surface area (Å²) in [6.45, 7) is 4.95. The van der Waals surface area contributed by atoms with Gasteiger partial charge in [0.05, 0.1) is 0 Å². The second kappa shape index (κ2) is 8.09. The number of nitrogens with two attached hydrogens (primary N) is 1. The molecule has 5 heteroatoms. The van der Waals surface area contributed by atoms with E-state index in [4.69, 9.17) is 5.73 Å². The van der Waals surface area contributed by atoms with E-state index in [9.17, 15) is 9.18 Å². The Morgan fingerprint density at radius 1 is 1.09 bits per heavy atom. The topological polar surface area (TPSA) is 55.1 Å². The van der Waals surface area contributed by atoms with Crippen LogP contribution in [0.4, 0.5) is 4.39 Å². The summed E-state index contributed by atoms with van der Waals surface area (Å²) in [6.07, 6.45) is 0. The molecule has 3 nitrogen and oxygen atoms in total. The van der Waals surface area contributed by atoms with E-state index in [0.717, 1.165) is 11.1 Å². The average Bonchev–Trinajstić information content (AvgIpc) is 2.53. The van der Waals surface area contributed by atoms with Crippen molar-refractivity contribution < 1.29 is 9.18 Å². The molecule has 3 N–H and O–H groups in total. The summed E-state index contributed by atoms with van der Waals surface area (Å²) in [4.78, 5) is 12.2. The van der Waals surface area contributed by atoms with Crippen LogP contribution in [0.25, 0.3) is 0 Å². The fourth-order valence-corrected chi connectivity index (χ4v) is 2.20. The molecule has 0 aromatic heterocycles. The highest BCUT2D eigenvalue weighted by atomic mass is 35.5. The third kappa shape index (κ3) is 5.05. The Morgan fingerprint density at radius 3 is 2.17 bits per heavy atom. The van der Waals surface area contributed by atoms with Crippen LogP contribution >= 0.6 is 12.4 Å². The van der Waals surface area contributed by atoms with Gasteiger partial charge in [0.2, 0.25) is 0 Å². The van der Waals surface area contributed by atoms with Crippen molar-refractivity contribution in [2.45, 2.75) is 25.8 Å². The predicted octanol–water partition coefficient (Wildman–Crippen LogP) is 3.41. The minimum atomic E-state index is -0.277. The van der Waals surface area contributed by atoms with E-state index in [1.165, 1.54) is 12.1 Å². The number of amides is 1. The summed E-state index contributed by atoms with van der Waals surface area (Å²) in [5.74, 6) is -0.387. The lowest BCUT2D eigenvalue weighted by Gasteiger charge is -2.25. The largest absolute Gasteiger partial charge is 0.351 e. The molecule has 0 heterocycles. The number of hydrogen-bond donors (Lipinski definition) is 2. The number of carbonyl (C=O) groups is 1. The first-order chi connectivity index (χ1) is 10.4. The maximum absolute atomic E-state index is 13.0. The summed E-state index contributed by atoms with van der Waals surface area (Å²) in [6, 6.07) is 13.6. The number of halogens is 2. The molecule has 0 saturated carbocycles. The molecule has 0 spiro atoms. The van der Waals surface area contributed by atoms with E-state index < -0.39 is 0 Å². The highest BCUT2D eigenvalue weighted by Crippen LogP contribution is 2.22. The van der Waals surface area contributed by atoms with Gasteiger partial charge in [0.15, 0.2) is 0 Å². The summed E-state index contributed by atoms with van der Waals surface area (Å²) >= 11 is 0. The quantitative estimate of drug-likeness (QED) is 0.879. The van der Waals surface area contributed by atoms with Crippen LogP contribution in [0.1, 0.15) is 35.3 Å². The van der Waals surface area contributed by atoms with Crippen molar-refractivity contribution >= 4 is 18.3 Å². The van der Waals surface area contributed by atoms with Gasteiger partial charge in [-0.25, -0.2) is 4.39 Å². The SMILES string of the molecule is CC(C)(CNC(=O)c1ccc(CN)cc1)c1ccc(F)cc1.Cl. The molecular formula is C18H22ClFN2O. The van der Waals surface area contributed by atoms with E-state index in [2.05, 4.69) is 5.32 Å². The van der Waals surface area contributed by atoms with Crippen LogP contribution < -0.4 is 11.1 Å². The Morgan fingerprint density at radius 2 is 1.65 bits per heavy atom. The fraction of sp³-hybridized carbons (Fsp3) is 0.278. The molecule has 1 amide bonds. The zero-order valence-corrected chi connectivity index (χ0v) is 14.1. The van der Waals surface area contributed by atoms with Gasteiger partial charge in [-0.2, -0.15) is 0 Å². The van der Waals surface area contributed by atoms with Crippen molar-refractivity contribution in [1.82, 2.24) is 5.32 Å². The summed E-state index contributed by atoms with van der Waals surface area (Å²) in [7, 11) is 0. The van der Waals surface area contributed by atoms with E-state index in [0.29, 0.717) is 18.7 Å². The van der Waals surface area contributed by atoms with Crippen LogP contribution in [-0.4, -0.2) is 12.5 Å². The molecule has 23 heavy (non-hydrogen) atoms. The van der Waals surface area contributed by atoms with Gasteiger partial charge >= 0.3 is 0 Å².